The minimum Gasteiger partial charge on any atom is -0.467 e. The zero-order chi connectivity index (χ0) is 12.4. The summed E-state index contributed by atoms with van der Waals surface area (Å²) in [5.41, 5.74) is 0. The Morgan fingerprint density at radius 1 is 1.44 bits per heavy atom. The van der Waals surface area contributed by atoms with Crippen molar-refractivity contribution in [2.45, 2.75) is 44.1 Å². The first kappa shape index (κ1) is 11.7. The molecule has 3 atom stereocenters. The maximum atomic E-state index is 12.0. The number of fused-ring (bicyclic) bond motifs is 1. The minimum absolute atomic E-state index is 0.0308. The predicted octanol–water partition coefficient (Wildman–Crippen LogP) is 0.805. The van der Waals surface area contributed by atoms with Crippen LogP contribution in [0.3, 0.4) is 0 Å². The molecule has 3 heterocycles. The smallest absolute Gasteiger partial charge is 0.249 e. The fraction of sp³-hybridized carbons (Fsp3) is 0.615. The lowest BCUT2D eigenvalue weighted by atomic mass is 9.99. The Morgan fingerprint density at radius 2 is 2.39 bits per heavy atom. The third-order valence-corrected chi connectivity index (χ3v) is 3.67. The lowest BCUT2D eigenvalue weighted by Gasteiger charge is -2.31. The van der Waals surface area contributed by atoms with E-state index < -0.39 is 0 Å². The van der Waals surface area contributed by atoms with Crippen LogP contribution in [-0.4, -0.2) is 30.7 Å². The van der Waals surface area contributed by atoms with Crippen molar-refractivity contribution in [2.75, 3.05) is 6.54 Å². The van der Waals surface area contributed by atoms with Crippen molar-refractivity contribution in [1.82, 2.24) is 10.6 Å². The Morgan fingerprint density at radius 3 is 3.22 bits per heavy atom. The largest absolute Gasteiger partial charge is 0.467 e. The van der Waals surface area contributed by atoms with Gasteiger partial charge in [-0.05, 0) is 37.9 Å². The zero-order valence-corrected chi connectivity index (χ0v) is 10.2. The molecular weight excluding hydrogens is 232 g/mol. The van der Waals surface area contributed by atoms with Crippen LogP contribution in [-0.2, 0) is 16.1 Å². The molecule has 98 valence electrons. The van der Waals surface area contributed by atoms with Gasteiger partial charge >= 0.3 is 0 Å². The first-order valence-corrected chi connectivity index (χ1v) is 6.52. The molecule has 0 saturated carbocycles. The van der Waals surface area contributed by atoms with Crippen molar-refractivity contribution in [1.29, 1.82) is 0 Å². The van der Waals surface area contributed by atoms with Crippen LogP contribution in [0.25, 0.3) is 0 Å². The third-order valence-electron chi connectivity index (χ3n) is 3.67. The number of nitrogens with one attached hydrogen (secondary N) is 2. The van der Waals surface area contributed by atoms with Gasteiger partial charge in [0.15, 0.2) is 0 Å². The molecule has 0 spiro atoms. The highest BCUT2D eigenvalue weighted by molar-refractivity contribution is 5.80. The number of hydrogen-bond donors (Lipinski definition) is 2. The summed E-state index contributed by atoms with van der Waals surface area (Å²) >= 11 is 0. The molecule has 0 aromatic carbocycles. The molecule has 2 saturated heterocycles. The van der Waals surface area contributed by atoms with Crippen molar-refractivity contribution in [3.63, 3.8) is 0 Å². The Balaban J connectivity index is 1.50. The average molecular weight is 250 g/mol. The van der Waals surface area contributed by atoms with Crippen molar-refractivity contribution >= 4 is 5.91 Å². The van der Waals surface area contributed by atoms with E-state index in [1.807, 2.05) is 12.1 Å². The molecule has 0 unspecified atom stereocenters. The number of furan rings is 1. The fourth-order valence-electron chi connectivity index (χ4n) is 2.70. The van der Waals surface area contributed by atoms with Gasteiger partial charge in [0.05, 0.1) is 18.9 Å². The zero-order valence-electron chi connectivity index (χ0n) is 10.2. The molecule has 2 aliphatic heterocycles. The van der Waals surface area contributed by atoms with Gasteiger partial charge in [0.25, 0.3) is 0 Å². The Kier molecular flexibility index (Phi) is 3.34. The molecule has 5 heteroatoms. The number of rotatable bonds is 3. The summed E-state index contributed by atoms with van der Waals surface area (Å²) in [6.07, 6.45) is 4.32. The molecule has 1 aromatic heterocycles. The fourth-order valence-corrected chi connectivity index (χ4v) is 2.70. The van der Waals surface area contributed by atoms with Gasteiger partial charge in [0.1, 0.15) is 11.9 Å². The van der Waals surface area contributed by atoms with Crippen LogP contribution >= 0.6 is 0 Å². The Bertz CT molecular complexity index is 404. The summed E-state index contributed by atoms with van der Waals surface area (Å²) in [5.74, 6) is 0.733. The highest BCUT2D eigenvalue weighted by atomic mass is 16.5. The topological polar surface area (TPSA) is 63.5 Å². The van der Waals surface area contributed by atoms with Gasteiger partial charge in [-0.3, -0.25) is 4.79 Å². The summed E-state index contributed by atoms with van der Waals surface area (Å²) in [4.78, 5) is 12.0. The molecular formula is C13H18N2O3. The van der Waals surface area contributed by atoms with E-state index in [-0.39, 0.29) is 18.1 Å². The second kappa shape index (κ2) is 5.12. The van der Waals surface area contributed by atoms with Crippen molar-refractivity contribution in [3.05, 3.63) is 24.2 Å². The average Bonchev–Trinajstić information content (AvgIpc) is 3.05. The van der Waals surface area contributed by atoms with Gasteiger partial charge < -0.3 is 19.8 Å². The van der Waals surface area contributed by atoms with Crippen LogP contribution in [0.1, 0.15) is 25.0 Å². The summed E-state index contributed by atoms with van der Waals surface area (Å²) in [5, 5.41) is 6.26. The quantitative estimate of drug-likeness (QED) is 0.833. The first-order valence-electron chi connectivity index (χ1n) is 6.52. The molecule has 5 nitrogen and oxygen atoms in total. The van der Waals surface area contributed by atoms with Crippen LogP contribution in [0.4, 0.5) is 0 Å². The highest BCUT2D eigenvalue weighted by Crippen LogP contribution is 2.25. The number of carbonyl (C=O) groups is 1. The van der Waals surface area contributed by atoms with Crippen molar-refractivity contribution in [2.24, 2.45) is 0 Å². The molecule has 2 fully saturated rings. The van der Waals surface area contributed by atoms with Crippen LogP contribution < -0.4 is 10.6 Å². The van der Waals surface area contributed by atoms with Gasteiger partial charge in [0, 0.05) is 6.04 Å². The lowest BCUT2D eigenvalue weighted by molar-refractivity contribution is -0.142. The van der Waals surface area contributed by atoms with Crippen LogP contribution in [0.2, 0.25) is 0 Å². The van der Waals surface area contributed by atoms with Gasteiger partial charge in [0.2, 0.25) is 5.91 Å². The molecule has 18 heavy (non-hydrogen) atoms. The molecule has 3 rings (SSSR count). The third kappa shape index (κ3) is 2.42. The van der Waals surface area contributed by atoms with Crippen molar-refractivity contribution in [3.8, 4) is 0 Å². The standard InChI is InChI=1S/C13H18N2O3/c16-13(15-8-9-2-1-7-17-9)12-4-3-10-11(18-12)5-6-14-10/h1-2,7,10-12,14H,3-6,8H2,(H,15,16)/t10-,11-,12-/m1/s1. The minimum atomic E-state index is -0.305. The van der Waals surface area contributed by atoms with E-state index >= 15 is 0 Å². The normalized spacial score (nSPS) is 31.0. The van der Waals surface area contributed by atoms with E-state index in [4.69, 9.17) is 9.15 Å². The SMILES string of the molecule is O=C(NCc1ccco1)[C@H]1CC[C@H]2NCC[C@H]2O1. The van der Waals surface area contributed by atoms with Crippen LogP contribution in [0, 0.1) is 0 Å². The van der Waals surface area contributed by atoms with Crippen LogP contribution in [0.5, 0.6) is 0 Å². The number of hydrogen-bond acceptors (Lipinski definition) is 4. The number of amides is 1. The van der Waals surface area contributed by atoms with Crippen LogP contribution in [0.15, 0.2) is 22.8 Å². The summed E-state index contributed by atoms with van der Waals surface area (Å²) in [7, 11) is 0. The summed E-state index contributed by atoms with van der Waals surface area (Å²) < 4.78 is 11.0. The molecule has 0 bridgehead atoms. The second-order valence-electron chi connectivity index (χ2n) is 4.89. The van der Waals surface area contributed by atoms with E-state index in [1.165, 1.54) is 0 Å². The lowest BCUT2D eigenvalue weighted by Crippen LogP contribution is -2.46. The molecule has 1 aromatic rings. The van der Waals surface area contributed by atoms with E-state index in [1.54, 1.807) is 6.26 Å². The van der Waals surface area contributed by atoms with Gasteiger partial charge in [-0.2, -0.15) is 0 Å². The maximum Gasteiger partial charge on any atom is 0.249 e. The van der Waals surface area contributed by atoms with E-state index in [0.29, 0.717) is 12.6 Å². The second-order valence-corrected chi connectivity index (χ2v) is 4.89. The van der Waals surface area contributed by atoms with Gasteiger partial charge in [-0.15, -0.1) is 0 Å². The van der Waals surface area contributed by atoms with E-state index in [0.717, 1.165) is 31.6 Å². The van der Waals surface area contributed by atoms with E-state index in [2.05, 4.69) is 10.6 Å². The maximum absolute atomic E-state index is 12.0. The Labute approximate surface area is 106 Å². The Hall–Kier alpha value is -1.33. The molecule has 2 aliphatic rings. The van der Waals surface area contributed by atoms with Gasteiger partial charge in [-0.25, -0.2) is 0 Å². The monoisotopic (exact) mass is 250 g/mol. The predicted molar refractivity (Wildman–Crippen MR) is 64.9 cm³/mol. The molecule has 1 amide bonds. The number of ether oxygens (including phenoxy) is 1. The van der Waals surface area contributed by atoms with E-state index in [9.17, 15) is 4.79 Å². The number of carbonyl (C=O) groups excluding carboxylic acids is 1. The molecule has 0 aliphatic carbocycles. The molecule has 2 N–H and O–H groups in total. The van der Waals surface area contributed by atoms with Gasteiger partial charge in [-0.1, -0.05) is 0 Å². The van der Waals surface area contributed by atoms with Crippen molar-refractivity contribution < 1.29 is 13.9 Å². The summed E-state index contributed by atoms with van der Waals surface area (Å²) in [6, 6.07) is 4.10. The molecule has 0 radical (unpaired) electrons. The first-order chi connectivity index (χ1) is 8.83. The highest BCUT2D eigenvalue weighted by Gasteiger charge is 2.37. The summed E-state index contributed by atoms with van der Waals surface area (Å²) in [6.45, 7) is 1.42.